The first-order chi connectivity index (χ1) is 7.31. The zero-order chi connectivity index (χ0) is 10.7. The molecule has 0 spiro atoms. The Labute approximate surface area is 89.4 Å². The number of hydrogen-bond donors (Lipinski definition) is 2. The number of carbonyl (C=O) groups excluding carboxylic acids is 1. The van der Waals surface area contributed by atoms with E-state index in [1.165, 1.54) is 0 Å². The van der Waals surface area contributed by atoms with Crippen LogP contribution in [0.5, 0.6) is 0 Å². The van der Waals surface area contributed by atoms with Gasteiger partial charge in [-0.15, -0.1) is 0 Å². The van der Waals surface area contributed by atoms with Gasteiger partial charge in [0, 0.05) is 19.0 Å². The minimum atomic E-state index is -0.296. The van der Waals surface area contributed by atoms with Crippen molar-refractivity contribution < 1.29 is 14.6 Å². The fraction of sp³-hybridized carbons (Fsp3) is 0.900. The molecule has 0 radical (unpaired) electrons. The van der Waals surface area contributed by atoms with Crippen LogP contribution in [0, 0.1) is 0 Å². The number of piperidine rings is 1. The standard InChI is InChI=1S/C10H18N2O3/c13-7-9-3-6-12(10(14)15-9)8-1-4-11-5-2-8/h8-9,11,13H,1-7H2. The summed E-state index contributed by atoms with van der Waals surface area (Å²) in [6, 6.07) is 0.318. The molecule has 86 valence electrons. The van der Waals surface area contributed by atoms with E-state index in [-0.39, 0.29) is 18.8 Å². The van der Waals surface area contributed by atoms with Gasteiger partial charge in [0.15, 0.2) is 0 Å². The zero-order valence-electron chi connectivity index (χ0n) is 8.82. The maximum Gasteiger partial charge on any atom is 0.410 e. The maximum atomic E-state index is 11.6. The number of carbonyl (C=O) groups is 1. The van der Waals surface area contributed by atoms with E-state index >= 15 is 0 Å². The van der Waals surface area contributed by atoms with E-state index in [4.69, 9.17) is 9.84 Å². The van der Waals surface area contributed by atoms with Crippen LogP contribution in [0.1, 0.15) is 19.3 Å². The summed E-state index contributed by atoms with van der Waals surface area (Å²) in [6.45, 7) is 2.59. The van der Waals surface area contributed by atoms with Crippen molar-refractivity contribution in [3.63, 3.8) is 0 Å². The second kappa shape index (κ2) is 4.81. The van der Waals surface area contributed by atoms with Gasteiger partial charge in [-0.3, -0.25) is 0 Å². The van der Waals surface area contributed by atoms with Crippen LogP contribution in [-0.2, 0) is 4.74 Å². The molecule has 2 aliphatic heterocycles. The van der Waals surface area contributed by atoms with Crippen LogP contribution in [-0.4, -0.2) is 54.5 Å². The smallest absolute Gasteiger partial charge is 0.410 e. The van der Waals surface area contributed by atoms with Gasteiger partial charge >= 0.3 is 6.09 Å². The van der Waals surface area contributed by atoms with E-state index in [1.54, 1.807) is 0 Å². The lowest BCUT2D eigenvalue weighted by Gasteiger charge is -2.38. The summed E-state index contributed by atoms with van der Waals surface area (Å²) in [6.07, 6.45) is 2.19. The third-order valence-corrected chi connectivity index (χ3v) is 3.15. The van der Waals surface area contributed by atoms with Gasteiger partial charge in [-0.1, -0.05) is 0 Å². The molecule has 1 amide bonds. The van der Waals surface area contributed by atoms with Gasteiger partial charge in [0.2, 0.25) is 0 Å². The molecule has 2 heterocycles. The summed E-state index contributed by atoms with van der Waals surface area (Å²) >= 11 is 0. The Morgan fingerprint density at radius 3 is 2.73 bits per heavy atom. The van der Waals surface area contributed by atoms with Gasteiger partial charge in [0.05, 0.1) is 6.61 Å². The molecule has 2 aliphatic rings. The van der Waals surface area contributed by atoms with Crippen LogP contribution in [0.4, 0.5) is 4.79 Å². The van der Waals surface area contributed by atoms with Crippen molar-refractivity contribution in [2.24, 2.45) is 0 Å². The van der Waals surface area contributed by atoms with Crippen molar-refractivity contribution in [3.05, 3.63) is 0 Å². The van der Waals surface area contributed by atoms with Crippen molar-refractivity contribution in [2.75, 3.05) is 26.2 Å². The van der Waals surface area contributed by atoms with Crippen LogP contribution >= 0.6 is 0 Å². The molecular formula is C10H18N2O3. The third-order valence-electron chi connectivity index (χ3n) is 3.15. The SMILES string of the molecule is O=C1OC(CO)CCN1C1CCNCC1. The Hall–Kier alpha value is -0.810. The van der Waals surface area contributed by atoms with E-state index in [9.17, 15) is 4.79 Å². The molecule has 0 saturated carbocycles. The molecule has 0 aromatic heterocycles. The summed E-state index contributed by atoms with van der Waals surface area (Å²) in [5.74, 6) is 0. The van der Waals surface area contributed by atoms with Crippen molar-refractivity contribution in [2.45, 2.75) is 31.4 Å². The number of cyclic esters (lactones) is 1. The Kier molecular flexibility index (Phi) is 3.43. The first kappa shape index (κ1) is 10.7. The van der Waals surface area contributed by atoms with Crippen LogP contribution < -0.4 is 5.32 Å². The quantitative estimate of drug-likeness (QED) is 0.676. The van der Waals surface area contributed by atoms with Gasteiger partial charge in [0.1, 0.15) is 6.10 Å². The lowest BCUT2D eigenvalue weighted by Crippen LogP contribution is -2.51. The highest BCUT2D eigenvalue weighted by atomic mass is 16.6. The number of amides is 1. The zero-order valence-corrected chi connectivity index (χ0v) is 8.82. The summed E-state index contributed by atoms with van der Waals surface area (Å²) in [7, 11) is 0. The summed E-state index contributed by atoms with van der Waals surface area (Å²) in [5, 5.41) is 12.2. The van der Waals surface area contributed by atoms with Gasteiger partial charge < -0.3 is 20.1 Å². The number of aliphatic hydroxyl groups excluding tert-OH is 1. The highest BCUT2D eigenvalue weighted by molar-refractivity contribution is 5.69. The van der Waals surface area contributed by atoms with Crippen LogP contribution in [0.15, 0.2) is 0 Å². The number of nitrogens with one attached hydrogen (secondary N) is 1. The molecule has 5 nitrogen and oxygen atoms in total. The Morgan fingerprint density at radius 2 is 2.13 bits per heavy atom. The highest BCUT2D eigenvalue weighted by Crippen LogP contribution is 2.19. The molecule has 2 fully saturated rings. The summed E-state index contributed by atoms with van der Waals surface area (Å²) in [4.78, 5) is 13.4. The van der Waals surface area contributed by atoms with Gasteiger partial charge in [-0.2, -0.15) is 0 Å². The fourth-order valence-electron chi connectivity index (χ4n) is 2.22. The molecule has 2 rings (SSSR count). The molecule has 1 unspecified atom stereocenters. The predicted octanol–water partition coefficient (Wildman–Crippen LogP) is -0.0584. The van der Waals surface area contributed by atoms with Crippen molar-refractivity contribution in [1.82, 2.24) is 10.2 Å². The molecule has 15 heavy (non-hydrogen) atoms. The average Bonchev–Trinajstić information content (AvgIpc) is 2.30. The molecule has 0 aromatic rings. The van der Waals surface area contributed by atoms with Gasteiger partial charge in [-0.05, 0) is 25.9 Å². The second-order valence-corrected chi connectivity index (χ2v) is 4.15. The summed E-state index contributed by atoms with van der Waals surface area (Å²) in [5.41, 5.74) is 0. The lowest BCUT2D eigenvalue weighted by atomic mass is 10.0. The molecule has 5 heteroatoms. The van der Waals surface area contributed by atoms with Crippen molar-refractivity contribution >= 4 is 6.09 Å². The Morgan fingerprint density at radius 1 is 1.40 bits per heavy atom. The number of rotatable bonds is 2. The topological polar surface area (TPSA) is 61.8 Å². The third kappa shape index (κ3) is 2.41. The highest BCUT2D eigenvalue weighted by Gasteiger charge is 2.32. The van der Waals surface area contributed by atoms with E-state index in [1.807, 2.05) is 4.90 Å². The minimum absolute atomic E-state index is 0.0637. The van der Waals surface area contributed by atoms with E-state index in [0.29, 0.717) is 12.6 Å². The molecular weight excluding hydrogens is 196 g/mol. The van der Waals surface area contributed by atoms with Crippen LogP contribution in [0.2, 0.25) is 0 Å². The number of ether oxygens (including phenoxy) is 1. The molecule has 0 bridgehead atoms. The Bertz CT molecular complexity index is 229. The second-order valence-electron chi connectivity index (χ2n) is 4.15. The Balaban J connectivity index is 1.90. The number of hydrogen-bond acceptors (Lipinski definition) is 4. The number of aliphatic hydroxyl groups is 1. The summed E-state index contributed by atoms with van der Waals surface area (Å²) < 4.78 is 5.12. The molecule has 2 saturated heterocycles. The normalized spacial score (nSPS) is 29.0. The molecule has 2 N–H and O–H groups in total. The molecule has 0 aliphatic carbocycles. The van der Waals surface area contributed by atoms with E-state index < -0.39 is 0 Å². The van der Waals surface area contributed by atoms with Gasteiger partial charge in [0.25, 0.3) is 0 Å². The largest absolute Gasteiger partial charge is 0.444 e. The van der Waals surface area contributed by atoms with Crippen molar-refractivity contribution in [3.8, 4) is 0 Å². The van der Waals surface area contributed by atoms with Crippen LogP contribution in [0.25, 0.3) is 0 Å². The molecule has 0 aromatic carbocycles. The lowest BCUT2D eigenvalue weighted by molar-refractivity contribution is -0.0150. The first-order valence-corrected chi connectivity index (χ1v) is 5.60. The average molecular weight is 214 g/mol. The van der Waals surface area contributed by atoms with E-state index in [0.717, 1.165) is 32.4 Å². The maximum absolute atomic E-state index is 11.6. The fourth-order valence-corrected chi connectivity index (χ4v) is 2.22. The number of nitrogens with zero attached hydrogens (tertiary/aromatic N) is 1. The first-order valence-electron chi connectivity index (χ1n) is 5.60. The van der Waals surface area contributed by atoms with Gasteiger partial charge in [-0.25, -0.2) is 4.79 Å². The minimum Gasteiger partial charge on any atom is -0.444 e. The van der Waals surface area contributed by atoms with Crippen molar-refractivity contribution in [1.29, 1.82) is 0 Å². The van der Waals surface area contributed by atoms with Crippen LogP contribution in [0.3, 0.4) is 0 Å². The molecule has 1 atom stereocenters. The predicted molar refractivity (Wildman–Crippen MR) is 54.6 cm³/mol. The monoisotopic (exact) mass is 214 g/mol. The van der Waals surface area contributed by atoms with E-state index in [2.05, 4.69) is 5.32 Å².